The molecule has 134 valence electrons. The van der Waals surface area contributed by atoms with Crippen LogP contribution < -0.4 is 4.18 Å². The van der Waals surface area contributed by atoms with Gasteiger partial charge in [0.25, 0.3) is 0 Å². The number of hydrogen-bond donors (Lipinski definition) is 0. The molecule has 0 N–H and O–H groups in total. The first-order valence-electron chi connectivity index (χ1n) is 7.29. The minimum atomic E-state index is -4.82. The molecule has 25 heavy (non-hydrogen) atoms. The Morgan fingerprint density at radius 3 is 2.20 bits per heavy atom. The lowest BCUT2D eigenvalue weighted by Crippen LogP contribution is -2.17. The zero-order valence-corrected chi connectivity index (χ0v) is 14.0. The number of alkyl halides is 3. The Hall–Kier alpha value is -2.35. The lowest BCUT2D eigenvalue weighted by Gasteiger charge is -2.13. The van der Waals surface area contributed by atoms with Crippen molar-refractivity contribution in [2.75, 3.05) is 0 Å². The largest absolute Gasteiger partial charge is 0.417 e. The van der Waals surface area contributed by atoms with Crippen LogP contribution >= 0.6 is 0 Å². The van der Waals surface area contributed by atoms with Crippen LogP contribution in [0, 0.1) is 0 Å². The molecule has 0 radical (unpaired) electrons. The molecule has 4 nitrogen and oxygen atoms in total. The van der Waals surface area contributed by atoms with Crippen molar-refractivity contribution in [2.24, 2.45) is 0 Å². The number of hydrogen-bond acceptors (Lipinski definition) is 4. The SMILES string of the molecule is CC(=O)CCc1ccc(OS(=O)(=O)c2ccccc2C(F)(F)F)cc1. The summed E-state index contributed by atoms with van der Waals surface area (Å²) in [5.74, 6) is -0.0878. The van der Waals surface area contributed by atoms with Gasteiger partial charge in [-0.2, -0.15) is 21.6 Å². The van der Waals surface area contributed by atoms with Gasteiger partial charge in [-0.3, -0.25) is 0 Å². The third-order valence-electron chi connectivity index (χ3n) is 3.36. The molecule has 0 aliphatic carbocycles. The summed E-state index contributed by atoms with van der Waals surface area (Å²) in [5, 5.41) is 0. The smallest absolute Gasteiger partial charge is 0.379 e. The number of benzene rings is 2. The van der Waals surface area contributed by atoms with Crippen LogP contribution in [0.25, 0.3) is 0 Å². The molecule has 0 heterocycles. The molecule has 2 rings (SSSR count). The van der Waals surface area contributed by atoms with Gasteiger partial charge in [-0.05, 0) is 43.2 Å². The van der Waals surface area contributed by atoms with Crippen molar-refractivity contribution in [3.05, 3.63) is 59.7 Å². The van der Waals surface area contributed by atoms with Gasteiger partial charge >= 0.3 is 16.3 Å². The van der Waals surface area contributed by atoms with Crippen LogP contribution in [0.1, 0.15) is 24.5 Å². The predicted molar refractivity (Wildman–Crippen MR) is 84.7 cm³/mol. The van der Waals surface area contributed by atoms with E-state index in [0.717, 1.165) is 17.7 Å². The number of carbonyl (C=O) groups is 1. The van der Waals surface area contributed by atoms with Gasteiger partial charge in [-0.15, -0.1) is 0 Å². The van der Waals surface area contributed by atoms with Crippen molar-refractivity contribution < 1.29 is 30.6 Å². The summed E-state index contributed by atoms with van der Waals surface area (Å²) in [6.45, 7) is 1.46. The second-order valence-corrected chi connectivity index (χ2v) is 6.89. The monoisotopic (exact) mass is 372 g/mol. The van der Waals surface area contributed by atoms with E-state index in [4.69, 9.17) is 4.18 Å². The Morgan fingerprint density at radius 1 is 1.04 bits per heavy atom. The van der Waals surface area contributed by atoms with Crippen LogP contribution in [0.4, 0.5) is 13.2 Å². The highest BCUT2D eigenvalue weighted by Crippen LogP contribution is 2.34. The van der Waals surface area contributed by atoms with Gasteiger partial charge in [-0.1, -0.05) is 24.3 Å². The summed E-state index contributed by atoms with van der Waals surface area (Å²) in [4.78, 5) is 10.0. The van der Waals surface area contributed by atoms with Gasteiger partial charge < -0.3 is 8.98 Å². The second kappa shape index (κ2) is 7.26. The molecule has 0 unspecified atom stereocenters. The average Bonchev–Trinajstić information content (AvgIpc) is 2.53. The number of ketones is 1. The predicted octanol–water partition coefficient (Wildman–Crippen LogP) is 3.99. The molecule has 0 aliphatic rings. The molecule has 2 aromatic rings. The van der Waals surface area contributed by atoms with E-state index in [1.807, 2.05) is 0 Å². The van der Waals surface area contributed by atoms with Crippen LogP contribution in [-0.4, -0.2) is 14.2 Å². The zero-order valence-electron chi connectivity index (χ0n) is 13.2. The van der Waals surface area contributed by atoms with Crippen LogP contribution in [0.3, 0.4) is 0 Å². The fraction of sp³-hybridized carbons (Fsp3) is 0.235. The first-order chi connectivity index (χ1) is 11.6. The molecule has 0 fully saturated rings. The lowest BCUT2D eigenvalue weighted by atomic mass is 10.1. The average molecular weight is 372 g/mol. The topological polar surface area (TPSA) is 60.4 Å². The Kier molecular flexibility index (Phi) is 5.52. The number of carbonyl (C=O) groups excluding carboxylic acids is 1. The highest BCUT2D eigenvalue weighted by atomic mass is 32.2. The molecule has 0 saturated heterocycles. The van der Waals surface area contributed by atoms with Crippen molar-refractivity contribution >= 4 is 15.9 Å². The van der Waals surface area contributed by atoms with E-state index in [1.54, 1.807) is 12.1 Å². The van der Waals surface area contributed by atoms with Crippen LogP contribution in [-0.2, 0) is 27.5 Å². The van der Waals surface area contributed by atoms with E-state index in [9.17, 15) is 26.4 Å². The first kappa shape index (κ1) is 19.0. The van der Waals surface area contributed by atoms with Crippen molar-refractivity contribution in [3.8, 4) is 5.75 Å². The number of Topliss-reactive ketones (excluding diaryl/α,β-unsaturated/α-hetero) is 1. The standard InChI is InChI=1S/C17H15F3O4S/c1-12(21)6-7-13-8-10-14(11-9-13)24-25(22,23)16-5-3-2-4-15(16)17(18,19)20/h2-5,8-11H,6-7H2,1H3. The third kappa shape index (κ3) is 5.06. The Bertz CT molecular complexity index is 856. The third-order valence-corrected chi connectivity index (χ3v) is 4.66. The van der Waals surface area contributed by atoms with E-state index < -0.39 is 26.8 Å². The van der Waals surface area contributed by atoms with Crippen molar-refractivity contribution in [2.45, 2.75) is 30.8 Å². The molecule has 0 spiro atoms. The molecular weight excluding hydrogens is 357 g/mol. The molecule has 0 aliphatic heterocycles. The lowest BCUT2D eigenvalue weighted by molar-refractivity contribution is -0.140. The zero-order chi connectivity index (χ0) is 18.7. The summed E-state index contributed by atoms with van der Waals surface area (Å²) in [6, 6.07) is 9.61. The summed E-state index contributed by atoms with van der Waals surface area (Å²) in [6.07, 6.45) is -3.99. The Morgan fingerprint density at radius 2 is 1.64 bits per heavy atom. The van der Waals surface area contributed by atoms with Gasteiger partial charge in [-0.25, -0.2) is 0 Å². The van der Waals surface area contributed by atoms with E-state index >= 15 is 0 Å². The minimum Gasteiger partial charge on any atom is -0.379 e. The van der Waals surface area contributed by atoms with E-state index in [-0.39, 0.29) is 11.5 Å². The molecule has 0 amide bonds. The highest BCUT2D eigenvalue weighted by molar-refractivity contribution is 7.87. The van der Waals surface area contributed by atoms with Gasteiger partial charge in [0.05, 0.1) is 5.56 Å². The maximum Gasteiger partial charge on any atom is 0.417 e. The molecule has 8 heteroatoms. The Labute approximate surface area is 143 Å². The normalized spacial score (nSPS) is 12.0. The first-order valence-corrected chi connectivity index (χ1v) is 8.69. The molecule has 0 atom stereocenters. The number of halogens is 3. The second-order valence-electron chi connectivity index (χ2n) is 5.38. The van der Waals surface area contributed by atoms with Gasteiger partial charge in [0.15, 0.2) is 0 Å². The maximum atomic E-state index is 13.0. The molecule has 2 aromatic carbocycles. The van der Waals surface area contributed by atoms with Crippen molar-refractivity contribution in [1.29, 1.82) is 0 Å². The van der Waals surface area contributed by atoms with Gasteiger partial charge in [0, 0.05) is 6.42 Å². The summed E-state index contributed by atoms with van der Waals surface area (Å²) >= 11 is 0. The molecule has 0 aromatic heterocycles. The van der Waals surface area contributed by atoms with E-state index in [1.165, 1.54) is 25.1 Å². The summed E-state index contributed by atoms with van der Waals surface area (Å²) in [5.41, 5.74) is -0.497. The van der Waals surface area contributed by atoms with Crippen LogP contribution in [0.5, 0.6) is 5.75 Å². The Balaban J connectivity index is 2.24. The van der Waals surface area contributed by atoms with E-state index in [0.29, 0.717) is 18.9 Å². The highest BCUT2D eigenvalue weighted by Gasteiger charge is 2.37. The number of aryl methyl sites for hydroxylation is 1. The maximum absolute atomic E-state index is 13.0. The van der Waals surface area contributed by atoms with E-state index in [2.05, 4.69) is 0 Å². The molecule has 0 saturated carbocycles. The minimum absolute atomic E-state index is 0.0201. The fourth-order valence-electron chi connectivity index (χ4n) is 2.12. The summed E-state index contributed by atoms with van der Waals surface area (Å²) in [7, 11) is -4.64. The van der Waals surface area contributed by atoms with Crippen LogP contribution in [0.15, 0.2) is 53.4 Å². The van der Waals surface area contributed by atoms with Crippen molar-refractivity contribution in [1.82, 2.24) is 0 Å². The van der Waals surface area contributed by atoms with Gasteiger partial charge in [0.2, 0.25) is 0 Å². The summed E-state index contributed by atoms with van der Waals surface area (Å²) < 4.78 is 68.1. The van der Waals surface area contributed by atoms with Crippen LogP contribution in [0.2, 0.25) is 0 Å². The molecular formula is C17H15F3O4S. The number of rotatable bonds is 6. The quantitative estimate of drug-likeness (QED) is 0.720. The fourth-order valence-corrected chi connectivity index (χ4v) is 3.28. The van der Waals surface area contributed by atoms with Crippen molar-refractivity contribution in [3.63, 3.8) is 0 Å². The van der Waals surface area contributed by atoms with Gasteiger partial charge in [0.1, 0.15) is 16.4 Å². The molecule has 0 bridgehead atoms.